The Morgan fingerprint density at radius 1 is 1.07 bits per heavy atom. The van der Waals surface area contributed by atoms with Gasteiger partial charge in [0.1, 0.15) is 5.84 Å². The third kappa shape index (κ3) is 3.83. The highest BCUT2D eigenvalue weighted by atomic mass is 15.3. The average molecular weight is 372 g/mol. The standard InChI is InChI=1S/C25H29N3/c1-2-3-10-24-27-25(15-6-7-16-25)19-28(24)18-20-11-13-21(14-12-20)23-9-5-4-8-22(23)17-26/h4-5,8-9,11-14H,2-3,6-7,10,15-16,18-19H2,1H3. The molecule has 2 aromatic rings. The predicted octanol–water partition coefficient (Wildman–Crippen LogP) is 5.94. The maximum absolute atomic E-state index is 9.36. The number of amidine groups is 1. The van der Waals surface area contributed by atoms with Crippen LogP contribution < -0.4 is 0 Å². The van der Waals surface area contributed by atoms with E-state index in [1.165, 1.54) is 49.9 Å². The van der Waals surface area contributed by atoms with E-state index in [1.807, 2.05) is 24.3 Å². The fraction of sp³-hybridized carbons (Fsp3) is 0.440. The Balaban J connectivity index is 1.51. The minimum absolute atomic E-state index is 0.203. The topological polar surface area (TPSA) is 39.4 Å². The first-order chi connectivity index (χ1) is 13.7. The molecule has 1 heterocycles. The molecule has 2 aliphatic rings. The van der Waals surface area contributed by atoms with E-state index in [1.54, 1.807) is 0 Å². The molecule has 3 nitrogen and oxygen atoms in total. The van der Waals surface area contributed by atoms with Gasteiger partial charge in [-0.1, -0.05) is 68.7 Å². The van der Waals surface area contributed by atoms with Gasteiger partial charge in [0.05, 0.1) is 17.2 Å². The second kappa shape index (κ2) is 8.19. The van der Waals surface area contributed by atoms with E-state index < -0.39 is 0 Å². The van der Waals surface area contributed by atoms with E-state index in [2.05, 4.69) is 42.2 Å². The molecule has 28 heavy (non-hydrogen) atoms. The molecular formula is C25H29N3. The Labute approximate surface area is 168 Å². The van der Waals surface area contributed by atoms with E-state index >= 15 is 0 Å². The van der Waals surface area contributed by atoms with E-state index in [9.17, 15) is 5.26 Å². The minimum Gasteiger partial charge on any atom is -0.354 e. The molecule has 1 aliphatic heterocycles. The van der Waals surface area contributed by atoms with Gasteiger partial charge in [0, 0.05) is 19.5 Å². The summed E-state index contributed by atoms with van der Waals surface area (Å²) in [5.41, 5.74) is 4.36. The van der Waals surface area contributed by atoms with Crippen molar-refractivity contribution in [3.8, 4) is 17.2 Å². The summed E-state index contributed by atoms with van der Waals surface area (Å²) in [6, 6.07) is 18.8. The van der Waals surface area contributed by atoms with Crippen molar-refractivity contribution in [3.63, 3.8) is 0 Å². The van der Waals surface area contributed by atoms with Gasteiger partial charge in [-0.15, -0.1) is 0 Å². The average Bonchev–Trinajstić information content (AvgIpc) is 3.33. The predicted molar refractivity (Wildman–Crippen MR) is 115 cm³/mol. The van der Waals surface area contributed by atoms with Gasteiger partial charge in [-0.2, -0.15) is 5.26 Å². The maximum atomic E-state index is 9.36. The van der Waals surface area contributed by atoms with Crippen LogP contribution in [-0.2, 0) is 6.54 Å². The molecule has 4 rings (SSSR count). The minimum atomic E-state index is 0.203. The molecule has 1 spiro atoms. The molecular weight excluding hydrogens is 342 g/mol. The molecule has 0 unspecified atom stereocenters. The summed E-state index contributed by atoms with van der Waals surface area (Å²) in [6.45, 7) is 4.28. The van der Waals surface area contributed by atoms with Crippen LogP contribution in [0.25, 0.3) is 11.1 Å². The summed E-state index contributed by atoms with van der Waals surface area (Å²) >= 11 is 0. The molecule has 1 aliphatic carbocycles. The molecule has 0 saturated heterocycles. The third-order valence-electron chi connectivity index (χ3n) is 6.19. The molecule has 1 fully saturated rings. The van der Waals surface area contributed by atoms with Crippen LogP contribution in [0.3, 0.4) is 0 Å². The van der Waals surface area contributed by atoms with Crippen molar-refractivity contribution < 1.29 is 0 Å². The van der Waals surface area contributed by atoms with Crippen LogP contribution in [0.2, 0.25) is 0 Å². The van der Waals surface area contributed by atoms with Crippen molar-refractivity contribution in [2.45, 2.75) is 64.0 Å². The molecule has 0 amide bonds. The Morgan fingerprint density at radius 3 is 2.54 bits per heavy atom. The first kappa shape index (κ1) is 18.7. The van der Waals surface area contributed by atoms with E-state index in [0.29, 0.717) is 0 Å². The van der Waals surface area contributed by atoms with Crippen LogP contribution >= 0.6 is 0 Å². The van der Waals surface area contributed by atoms with E-state index in [4.69, 9.17) is 4.99 Å². The van der Waals surface area contributed by atoms with Gasteiger partial charge in [0.15, 0.2) is 0 Å². The number of hydrogen-bond donors (Lipinski definition) is 0. The molecule has 1 saturated carbocycles. The quantitative estimate of drug-likeness (QED) is 0.630. The number of nitriles is 1. The zero-order valence-electron chi connectivity index (χ0n) is 16.8. The van der Waals surface area contributed by atoms with Crippen molar-refractivity contribution in [2.75, 3.05) is 6.54 Å². The number of benzene rings is 2. The monoisotopic (exact) mass is 371 g/mol. The summed E-state index contributed by atoms with van der Waals surface area (Å²) in [5.74, 6) is 1.32. The summed E-state index contributed by atoms with van der Waals surface area (Å²) in [6.07, 6.45) is 8.69. The van der Waals surface area contributed by atoms with Gasteiger partial charge in [-0.05, 0) is 42.0 Å². The second-order valence-corrected chi connectivity index (χ2v) is 8.27. The van der Waals surface area contributed by atoms with Gasteiger partial charge in [0.2, 0.25) is 0 Å². The van der Waals surface area contributed by atoms with Crippen molar-refractivity contribution in [3.05, 3.63) is 59.7 Å². The van der Waals surface area contributed by atoms with Gasteiger partial charge in [0.25, 0.3) is 0 Å². The summed E-state index contributed by atoms with van der Waals surface area (Å²) in [5, 5.41) is 9.36. The number of hydrogen-bond acceptors (Lipinski definition) is 3. The first-order valence-corrected chi connectivity index (χ1v) is 10.7. The molecule has 0 N–H and O–H groups in total. The Hall–Kier alpha value is -2.60. The number of rotatable bonds is 6. The fourth-order valence-corrected chi connectivity index (χ4v) is 4.67. The van der Waals surface area contributed by atoms with Crippen molar-refractivity contribution in [1.82, 2.24) is 4.90 Å². The molecule has 0 bridgehead atoms. The Morgan fingerprint density at radius 2 is 1.82 bits per heavy atom. The highest BCUT2D eigenvalue weighted by molar-refractivity contribution is 5.84. The molecule has 144 valence electrons. The van der Waals surface area contributed by atoms with Gasteiger partial charge < -0.3 is 4.90 Å². The molecule has 0 aromatic heterocycles. The zero-order chi connectivity index (χ0) is 19.4. The van der Waals surface area contributed by atoms with Crippen LogP contribution in [0.1, 0.15) is 63.0 Å². The zero-order valence-corrected chi connectivity index (χ0v) is 16.8. The van der Waals surface area contributed by atoms with Crippen LogP contribution in [0.15, 0.2) is 53.5 Å². The largest absolute Gasteiger partial charge is 0.354 e. The van der Waals surface area contributed by atoms with Crippen LogP contribution in [0.4, 0.5) is 0 Å². The summed E-state index contributed by atoms with van der Waals surface area (Å²) in [7, 11) is 0. The van der Waals surface area contributed by atoms with Crippen molar-refractivity contribution >= 4 is 5.84 Å². The first-order valence-electron chi connectivity index (χ1n) is 10.7. The third-order valence-corrected chi connectivity index (χ3v) is 6.19. The number of aliphatic imine (C=N–C) groups is 1. The molecule has 2 aromatic carbocycles. The Bertz CT molecular complexity index is 883. The number of unbranched alkanes of at least 4 members (excludes halogenated alkanes) is 1. The SMILES string of the molecule is CCCCC1=NC2(CCCC2)CN1Cc1ccc(-c2ccccc2C#N)cc1. The second-order valence-electron chi connectivity index (χ2n) is 8.27. The number of nitrogens with zero attached hydrogens (tertiary/aromatic N) is 3. The lowest BCUT2D eigenvalue weighted by Gasteiger charge is -2.25. The molecule has 3 heteroatoms. The van der Waals surface area contributed by atoms with E-state index in [-0.39, 0.29) is 5.54 Å². The lowest BCUT2D eigenvalue weighted by molar-refractivity contribution is 0.336. The lowest BCUT2D eigenvalue weighted by atomic mass is 9.98. The van der Waals surface area contributed by atoms with Gasteiger partial charge in [-0.3, -0.25) is 4.99 Å². The highest BCUT2D eigenvalue weighted by Gasteiger charge is 2.40. The van der Waals surface area contributed by atoms with Crippen LogP contribution in [0, 0.1) is 11.3 Å². The normalized spacial score (nSPS) is 17.7. The smallest absolute Gasteiger partial charge is 0.100 e. The van der Waals surface area contributed by atoms with Crippen LogP contribution in [0.5, 0.6) is 0 Å². The molecule has 0 atom stereocenters. The summed E-state index contributed by atoms with van der Waals surface area (Å²) < 4.78 is 0. The fourth-order valence-electron chi connectivity index (χ4n) is 4.67. The highest BCUT2D eigenvalue weighted by Crippen LogP contribution is 2.39. The lowest BCUT2D eigenvalue weighted by Crippen LogP contribution is -2.33. The van der Waals surface area contributed by atoms with Crippen LogP contribution in [-0.4, -0.2) is 22.8 Å². The van der Waals surface area contributed by atoms with Crippen molar-refractivity contribution in [2.24, 2.45) is 4.99 Å². The maximum Gasteiger partial charge on any atom is 0.100 e. The molecule has 0 radical (unpaired) electrons. The summed E-state index contributed by atoms with van der Waals surface area (Å²) in [4.78, 5) is 7.76. The van der Waals surface area contributed by atoms with E-state index in [0.717, 1.165) is 36.2 Å². The van der Waals surface area contributed by atoms with Gasteiger partial charge >= 0.3 is 0 Å². The Kier molecular flexibility index (Phi) is 5.48. The van der Waals surface area contributed by atoms with Gasteiger partial charge in [-0.25, -0.2) is 0 Å². The van der Waals surface area contributed by atoms with Crippen molar-refractivity contribution in [1.29, 1.82) is 5.26 Å².